The molecule has 0 saturated carbocycles. The molecule has 17 heavy (non-hydrogen) atoms. The molecular formula is C13H17NO3. The van der Waals surface area contributed by atoms with Crippen LogP contribution in [0.5, 0.6) is 5.75 Å². The van der Waals surface area contributed by atoms with Crippen LogP contribution in [0, 0.1) is 6.92 Å². The van der Waals surface area contributed by atoms with E-state index in [2.05, 4.69) is 4.90 Å². The van der Waals surface area contributed by atoms with E-state index in [9.17, 15) is 4.79 Å². The molecule has 1 unspecified atom stereocenters. The van der Waals surface area contributed by atoms with Crippen LogP contribution >= 0.6 is 0 Å². The Morgan fingerprint density at radius 3 is 3.06 bits per heavy atom. The van der Waals surface area contributed by atoms with E-state index >= 15 is 0 Å². The molecule has 0 fully saturated rings. The molecule has 0 aliphatic carbocycles. The highest BCUT2D eigenvalue weighted by Crippen LogP contribution is 2.34. The number of anilines is 1. The molecular weight excluding hydrogens is 218 g/mol. The fourth-order valence-electron chi connectivity index (χ4n) is 2.08. The van der Waals surface area contributed by atoms with Gasteiger partial charge in [0.1, 0.15) is 11.9 Å². The molecule has 0 amide bonds. The molecule has 1 aliphatic rings. The molecule has 0 spiro atoms. The molecule has 92 valence electrons. The number of aryl methyl sites for hydroxylation is 1. The first-order valence-corrected chi connectivity index (χ1v) is 5.80. The van der Waals surface area contributed by atoms with Crippen LogP contribution in [-0.4, -0.2) is 30.3 Å². The van der Waals surface area contributed by atoms with Crippen LogP contribution in [0.1, 0.15) is 18.9 Å². The minimum Gasteiger partial charge on any atom is -0.487 e. The second-order valence-electron chi connectivity index (χ2n) is 4.49. The minimum absolute atomic E-state index is 0.0955. The molecule has 1 aliphatic heterocycles. The molecule has 4 heteroatoms. The number of nitrogens with zero attached hydrogens (tertiary/aromatic N) is 1. The molecule has 4 nitrogen and oxygen atoms in total. The lowest BCUT2D eigenvalue weighted by Gasteiger charge is -2.34. The van der Waals surface area contributed by atoms with Crippen LogP contribution in [0.3, 0.4) is 0 Å². The Morgan fingerprint density at radius 1 is 1.59 bits per heavy atom. The Hall–Kier alpha value is -1.71. The molecule has 0 radical (unpaired) electrons. The van der Waals surface area contributed by atoms with Crippen molar-refractivity contribution in [2.24, 2.45) is 0 Å². The second-order valence-corrected chi connectivity index (χ2v) is 4.49. The Labute approximate surface area is 101 Å². The number of aliphatic carboxylic acids is 1. The van der Waals surface area contributed by atoms with E-state index < -0.39 is 5.97 Å². The Kier molecular flexibility index (Phi) is 3.22. The number of hydrogen-bond donors (Lipinski definition) is 1. The molecule has 1 N–H and O–H groups in total. The van der Waals surface area contributed by atoms with Crippen molar-refractivity contribution in [3.05, 3.63) is 23.8 Å². The van der Waals surface area contributed by atoms with Crippen LogP contribution in [0.15, 0.2) is 18.2 Å². The van der Waals surface area contributed by atoms with Gasteiger partial charge in [-0.05, 0) is 31.5 Å². The second kappa shape index (κ2) is 4.65. The van der Waals surface area contributed by atoms with Gasteiger partial charge in [-0.15, -0.1) is 0 Å². The summed E-state index contributed by atoms with van der Waals surface area (Å²) in [5.41, 5.74) is 2.14. The zero-order valence-corrected chi connectivity index (χ0v) is 10.1. The lowest BCUT2D eigenvalue weighted by molar-refractivity contribution is -0.136. The summed E-state index contributed by atoms with van der Waals surface area (Å²) in [6, 6.07) is 6.02. The average molecular weight is 235 g/mol. The number of fused-ring (bicyclic) bond motifs is 1. The SMILES string of the molecule is Cc1ccc2c(c1)OC(C)CN2CCC(=O)O. The Bertz CT molecular complexity index is 431. The van der Waals surface area contributed by atoms with E-state index in [1.807, 2.05) is 32.0 Å². The van der Waals surface area contributed by atoms with Crippen molar-refractivity contribution in [3.63, 3.8) is 0 Å². The van der Waals surface area contributed by atoms with Gasteiger partial charge in [0.2, 0.25) is 0 Å². The number of hydrogen-bond acceptors (Lipinski definition) is 3. The topological polar surface area (TPSA) is 49.8 Å². The highest BCUT2D eigenvalue weighted by molar-refractivity contribution is 5.68. The third-order valence-electron chi connectivity index (χ3n) is 2.86. The molecule has 1 heterocycles. The molecule has 1 aromatic carbocycles. The third-order valence-corrected chi connectivity index (χ3v) is 2.86. The summed E-state index contributed by atoms with van der Waals surface area (Å²) >= 11 is 0. The summed E-state index contributed by atoms with van der Waals surface area (Å²) < 4.78 is 5.76. The molecule has 1 aromatic rings. The van der Waals surface area contributed by atoms with Crippen molar-refractivity contribution in [3.8, 4) is 5.75 Å². The van der Waals surface area contributed by atoms with E-state index in [0.29, 0.717) is 6.54 Å². The Morgan fingerprint density at radius 2 is 2.35 bits per heavy atom. The van der Waals surface area contributed by atoms with E-state index in [1.54, 1.807) is 0 Å². The maximum absolute atomic E-state index is 10.6. The van der Waals surface area contributed by atoms with Gasteiger partial charge in [-0.25, -0.2) is 0 Å². The number of benzene rings is 1. The van der Waals surface area contributed by atoms with Gasteiger partial charge in [-0.2, -0.15) is 0 Å². The molecule has 0 saturated heterocycles. The highest BCUT2D eigenvalue weighted by Gasteiger charge is 2.22. The van der Waals surface area contributed by atoms with Crippen molar-refractivity contribution in [2.45, 2.75) is 26.4 Å². The van der Waals surface area contributed by atoms with Crippen molar-refractivity contribution in [1.29, 1.82) is 0 Å². The van der Waals surface area contributed by atoms with Crippen LogP contribution in [0.4, 0.5) is 5.69 Å². The summed E-state index contributed by atoms with van der Waals surface area (Å²) in [4.78, 5) is 12.7. The highest BCUT2D eigenvalue weighted by atomic mass is 16.5. The van der Waals surface area contributed by atoms with Crippen LogP contribution in [-0.2, 0) is 4.79 Å². The van der Waals surface area contributed by atoms with Crippen molar-refractivity contribution in [1.82, 2.24) is 0 Å². The van der Waals surface area contributed by atoms with Gasteiger partial charge in [0.05, 0.1) is 18.7 Å². The lowest BCUT2D eigenvalue weighted by Crippen LogP contribution is -2.39. The quantitative estimate of drug-likeness (QED) is 0.871. The smallest absolute Gasteiger partial charge is 0.305 e. The largest absolute Gasteiger partial charge is 0.487 e. The summed E-state index contributed by atoms with van der Waals surface area (Å²) in [6.45, 7) is 5.28. The van der Waals surface area contributed by atoms with Gasteiger partial charge in [0, 0.05) is 6.54 Å². The first-order chi connectivity index (χ1) is 8.06. The lowest BCUT2D eigenvalue weighted by atomic mass is 10.1. The van der Waals surface area contributed by atoms with E-state index in [0.717, 1.165) is 23.5 Å². The number of carboxylic acids is 1. The first-order valence-electron chi connectivity index (χ1n) is 5.80. The minimum atomic E-state index is -0.766. The van der Waals surface area contributed by atoms with Gasteiger partial charge in [-0.1, -0.05) is 6.07 Å². The van der Waals surface area contributed by atoms with Crippen LogP contribution in [0.25, 0.3) is 0 Å². The van der Waals surface area contributed by atoms with E-state index in [4.69, 9.17) is 9.84 Å². The predicted octanol–water partition coefficient (Wildman–Crippen LogP) is 2.06. The summed E-state index contributed by atoms with van der Waals surface area (Å²) in [7, 11) is 0. The summed E-state index contributed by atoms with van der Waals surface area (Å²) in [6.07, 6.45) is 0.248. The van der Waals surface area contributed by atoms with Gasteiger partial charge < -0.3 is 14.7 Å². The number of carbonyl (C=O) groups is 1. The van der Waals surface area contributed by atoms with Crippen LogP contribution in [0.2, 0.25) is 0 Å². The van der Waals surface area contributed by atoms with Gasteiger partial charge in [0.15, 0.2) is 0 Å². The standard InChI is InChI=1S/C13H17NO3/c1-9-3-4-11-12(7-9)17-10(2)8-14(11)6-5-13(15)16/h3-4,7,10H,5-6,8H2,1-2H3,(H,15,16). The normalized spacial score (nSPS) is 18.5. The molecule has 2 rings (SSSR count). The average Bonchev–Trinajstić information content (AvgIpc) is 2.24. The maximum atomic E-state index is 10.6. The fraction of sp³-hybridized carbons (Fsp3) is 0.462. The molecule has 1 atom stereocenters. The predicted molar refractivity (Wildman–Crippen MR) is 65.7 cm³/mol. The van der Waals surface area contributed by atoms with Gasteiger partial charge >= 0.3 is 5.97 Å². The summed E-state index contributed by atoms with van der Waals surface area (Å²) in [5, 5.41) is 8.74. The monoisotopic (exact) mass is 235 g/mol. The van der Waals surface area contributed by atoms with Crippen molar-refractivity contribution >= 4 is 11.7 Å². The van der Waals surface area contributed by atoms with Gasteiger partial charge in [0.25, 0.3) is 0 Å². The molecule has 0 aromatic heterocycles. The van der Waals surface area contributed by atoms with Crippen LogP contribution < -0.4 is 9.64 Å². The first kappa shape index (κ1) is 11.8. The number of ether oxygens (including phenoxy) is 1. The Balaban J connectivity index is 2.21. The van der Waals surface area contributed by atoms with E-state index in [-0.39, 0.29) is 12.5 Å². The maximum Gasteiger partial charge on any atom is 0.305 e. The fourth-order valence-corrected chi connectivity index (χ4v) is 2.08. The summed E-state index contributed by atoms with van der Waals surface area (Å²) in [5.74, 6) is 0.0898. The number of rotatable bonds is 3. The zero-order chi connectivity index (χ0) is 12.4. The van der Waals surface area contributed by atoms with E-state index in [1.165, 1.54) is 0 Å². The third kappa shape index (κ3) is 2.70. The van der Waals surface area contributed by atoms with Crippen molar-refractivity contribution in [2.75, 3.05) is 18.0 Å². The molecule has 0 bridgehead atoms. The van der Waals surface area contributed by atoms with Crippen molar-refractivity contribution < 1.29 is 14.6 Å². The number of carboxylic acid groups (broad SMARTS) is 1. The van der Waals surface area contributed by atoms with Gasteiger partial charge in [-0.3, -0.25) is 4.79 Å². The zero-order valence-electron chi connectivity index (χ0n) is 10.1.